The van der Waals surface area contributed by atoms with Gasteiger partial charge in [-0.1, -0.05) is 78.6 Å². The molecule has 0 amide bonds. The van der Waals surface area contributed by atoms with Gasteiger partial charge in [0.05, 0.1) is 29.1 Å². The van der Waals surface area contributed by atoms with Crippen molar-refractivity contribution in [3.63, 3.8) is 0 Å². The summed E-state index contributed by atoms with van der Waals surface area (Å²) < 4.78 is 6.33. The molecule has 2 aliphatic rings. The number of allylic oxidation sites excluding steroid dienone is 1. The first-order valence-corrected chi connectivity index (χ1v) is 19.9. The highest BCUT2D eigenvalue weighted by atomic mass is 16.5. The Morgan fingerprint density at radius 3 is 2.08 bits per heavy atom. The van der Waals surface area contributed by atoms with Gasteiger partial charge in [0.1, 0.15) is 0 Å². The maximum atomic E-state index is 12.7. The highest BCUT2D eigenvalue weighted by molar-refractivity contribution is 6.02. The Kier molecular flexibility index (Phi) is 13.7. The smallest absolute Gasteiger partial charge is 0.338 e. The van der Waals surface area contributed by atoms with Gasteiger partial charge in [-0.25, -0.2) is 9.78 Å². The second-order valence-electron chi connectivity index (χ2n) is 15.2. The first-order valence-electron chi connectivity index (χ1n) is 19.9. The number of carboxylic acids is 2. The number of aliphatic carboxylic acids is 1. The van der Waals surface area contributed by atoms with Crippen molar-refractivity contribution in [3.05, 3.63) is 68.8 Å². The minimum Gasteiger partial charge on any atom is -0.481 e. The number of H-pyrrole nitrogens is 2. The average molecular weight is 725 g/mol. The fraction of sp³-hybridized carbons (Fsp3) is 0.545. The van der Waals surface area contributed by atoms with Crippen LogP contribution in [0.15, 0.2) is 18.2 Å². The van der Waals surface area contributed by atoms with Crippen LogP contribution in [0.4, 0.5) is 0 Å². The van der Waals surface area contributed by atoms with Crippen molar-refractivity contribution in [1.29, 1.82) is 0 Å². The summed E-state index contributed by atoms with van der Waals surface area (Å²) in [5.41, 5.74) is 12.2. The maximum absolute atomic E-state index is 12.7. The number of aromatic nitrogens is 4. The molecule has 0 aliphatic carbocycles. The first kappa shape index (κ1) is 40.0. The summed E-state index contributed by atoms with van der Waals surface area (Å²) in [6, 6.07) is 6.15. The number of carboxylic acid groups (broad SMARTS) is 2. The number of ether oxygens (including phenoxy) is 1. The lowest BCUT2D eigenvalue weighted by molar-refractivity contribution is -0.137. The molecule has 53 heavy (non-hydrogen) atoms. The number of fused-ring (bicyclic) bond motifs is 8. The molecule has 286 valence electrons. The molecule has 0 aromatic carbocycles. The number of nitrogens with zero attached hydrogens (tertiary/aromatic N) is 2. The number of unbranched alkanes of at least 4 members (excludes halogenated alkanes) is 9. The van der Waals surface area contributed by atoms with Gasteiger partial charge < -0.3 is 24.9 Å². The summed E-state index contributed by atoms with van der Waals surface area (Å²) in [7, 11) is 0. The van der Waals surface area contributed by atoms with Crippen LogP contribution in [0.1, 0.15) is 172 Å². The van der Waals surface area contributed by atoms with E-state index in [2.05, 4.69) is 50.7 Å². The van der Waals surface area contributed by atoms with Crippen molar-refractivity contribution in [2.75, 3.05) is 13.2 Å². The standard InChI is InChI=1S/C44H60N4O5/c1-8-10-11-12-13-14-15-16-17-18-21-53-25-33-28(5)34-22-36-27(4)32(19-20-40(49)50)42(47-36)30(7)43-41(44(51)52)29(6)37(48-43)24-38-31(9-2)26(3)35(45-38)23-39(33)46-34/h22-24,27,32,45,48H,8-21,25H2,1-7H3,(H,49,50)(H,51,52)/t27-,32-/m0/s1. The topological polar surface area (TPSA) is 141 Å². The summed E-state index contributed by atoms with van der Waals surface area (Å²) in [4.78, 5) is 41.9. The van der Waals surface area contributed by atoms with Crippen LogP contribution in [-0.4, -0.2) is 55.3 Å². The van der Waals surface area contributed by atoms with Gasteiger partial charge in [-0.15, -0.1) is 0 Å². The minimum absolute atomic E-state index is 0.00939. The highest BCUT2D eigenvalue weighted by Crippen LogP contribution is 2.42. The van der Waals surface area contributed by atoms with E-state index in [1.165, 1.54) is 57.8 Å². The van der Waals surface area contributed by atoms with Crippen molar-refractivity contribution in [3.8, 4) is 0 Å². The SMILES string of the molecule is CCCCCCCCCCCCOCC1=C(C)c2cc3nc(c(C)c4[nH]c(cc5[nH]c(cc1n2)c(C)c5CC)c(C)c4C(=O)O)[C@@H](CCC(=O)O)[C@@H]3C. The Balaban J connectivity index is 1.56. The number of nitrogens with one attached hydrogen (secondary N) is 2. The third-order valence-electron chi connectivity index (χ3n) is 11.5. The summed E-state index contributed by atoms with van der Waals surface area (Å²) in [5, 5.41) is 20.0. The van der Waals surface area contributed by atoms with E-state index in [4.69, 9.17) is 14.7 Å². The third-order valence-corrected chi connectivity index (χ3v) is 11.5. The predicted molar refractivity (Wildman–Crippen MR) is 215 cm³/mol. The fourth-order valence-electron chi connectivity index (χ4n) is 8.15. The molecule has 2 atom stereocenters. The van der Waals surface area contributed by atoms with Gasteiger partial charge >= 0.3 is 11.9 Å². The van der Waals surface area contributed by atoms with Crippen molar-refractivity contribution >= 4 is 45.2 Å². The van der Waals surface area contributed by atoms with E-state index < -0.39 is 11.9 Å². The molecule has 0 spiro atoms. The lowest BCUT2D eigenvalue weighted by atomic mass is 9.85. The summed E-state index contributed by atoms with van der Waals surface area (Å²) in [5.74, 6) is -2.18. The summed E-state index contributed by atoms with van der Waals surface area (Å²) >= 11 is 0. The number of aromatic carboxylic acids is 1. The molecule has 9 nitrogen and oxygen atoms in total. The zero-order valence-corrected chi connectivity index (χ0v) is 33.0. The second-order valence-corrected chi connectivity index (χ2v) is 15.2. The number of carbonyl (C=O) groups is 2. The normalized spacial score (nSPS) is 15.8. The van der Waals surface area contributed by atoms with Crippen LogP contribution in [0.3, 0.4) is 0 Å². The zero-order chi connectivity index (χ0) is 38.2. The van der Waals surface area contributed by atoms with E-state index in [0.717, 1.165) is 68.9 Å². The Morgan fingerprint density at radius 2 is 1.43 bits per heavy atom. The minimum atomic E-state index is -1.02. The number of rotatable bonds is 18. The molecular formula is C44H60N4O5. The Bertz CT molecular complexity index is 2000. The Labute approximate surface area is 314 Å². The number of hydrogen-bond acceptors (Lipinski definition) is 5. The van der Waals surface area contributed by atoms with Gasteiger partial charge in [-0.3, -0.25) is 9.78 Å². The fourth-order valence-corrected chi connectivity index (χ4v) is 8.15. The molecule has 2 aliphatic heterocycles. The quantitative estimate of drug-likeness (QED) is 0.0957. The van der Waals surface area contributed by atoms with E-state index in [1.807, 2.05) is 26.0 Å². The molecule has 5 heterocycles. The lowest BCUT2D eigenvalue weighted by Crippen LogP contribution is -2.07. The van der Waals surface area contributed by atoms with Gasteiger partial charge in [0.15, 0.2) is 0 Å². The average Bonchev–Trinajstić information content (AvgIpc) is 3.80. The van der Waals surface area contributed by atoms with Crippen molar-refractivity contribution in [1.82, 2.24) is 19.9 Å². The number of aromatic amines is 2. The molecule has 9 heteroatoms. The van der Waals surface area contributed by atoms with E-state index >= 15 is 0 Å². The molecule has 0 saturated carbocycles. The number of aryl methyl sites for hydroxylation is 4. The van der Waals surface area contributed by atoms with Crippen LogP contribution in [0.5, 0.6) is 0 Å². The molecule has 0 radical (unpaired) electrons. The molecule has 8 bridgehead atoms. The molecule has 0 fully saturated rings. The molecule has 0 unspecified atom stereocenters. The third kappa shape index (κ3) is 9.11. The monoisotopic (exact) mass is 724 g/mol. The second kappa shape index (κ2) is 18.2. The first-order chi connectivity index (χ1) is 25.5. The van der Waals surface area contributed by atoms with Gasteiger partial charge in [0.25, 0.3) is 0 Å². The summed E-state index contributed by atoms with van der Waals surface area (Å²) in [6.07, 6.45) is 14.0. The van der Waals surface area contributed by atoms with Crippen molar-refractivity contribution in [2.24, 2.45) is 0 Å². The van der Waals surface area contributed by atoms with Crippen LogP contribution in [0.25, 0.3) is 33.2 Å². The molecule has 4 N–H and O–H groups in total. The largest absolute Gasteiger partial charge is 0.481 e. The van der Waals surface area contributed by atoms with E-state index in [1.54, 1.807) is 0 Å². The van der Waals surface area contributed by atoms with E-state index in [0.29, 0.717) is 41.8 Å². The van der Waals surface area contributed by atoms with Crippen LogP contribution < -0.4 is 0 Å². The molecule has 5 rings (SSSR count). The Hall–Kier alpha value is -4.24. The van der Waals surface area contributed by atoms with Gasteiger partial charge in [0, 0.05) is 58.4 Å². The Morgan fingerprint density at radius 1 is 0.774 bits per heavy atom. The van der Waals surface area contributed by atoms with Crippen LogP contribution >= 0.6 is 0 Å². The van der Waals surface area contributed by atoms with E-state index in [-0.39, 0.29) is 23.8 Å². The van der Waals surface area contributed by atoms with Gasteiger partial charge in [-0.2, -0.15) is 0 Å². The van der Waals surface area contributed by atoms with Crippen LogP contribution in [0, 0.1) is 20.8 Å². The van der Waals surface area contributed by atoms with Gasteiger partial charge in [-0.05, 0) is 93.0 Å². The lowest BCUT2D eigenvalue weighted by Gasteiger charge is -2.16. The molecular weight excluding hydrogens is 665 g/mol. The van der Waals surface area contributed by atoms with Crippen molar-refractivity contribution in [2.45, 2.75) is 144 Å². The zero-order valence-electron chi connectivity index (χ0n) is 33.0. The highest BCUT2D eigenvalue weighted by Gasteiger charge is 2.32. The van der Waals surface area contributed by atoms with E-state index in [9.17, 15) is 19.8 Å². The number of hydrogen-bond donors (Lipinski definition) is 4. The van der Waals surface area contributed by atoms with Crippen LogP contribution in [0.2, 0.25) is 0 Å². The molecule has 3 aromatic heterocycles. The predicted octanol–water partition coefficient (Wildman–Crippen LogP) is 11.1. The van der Waals surface area contributed by atoms with Crippen LogP contribution in [-0.2, 0) is 16.0 Å². The van der Waals surface area contributed by atoms with Gasteiger partial charge in [0.2, 0.25) is 0 Å². The van der Waals surface area contributed by atoms with Crippen molar-refractivity contribution < 1.29 is 24.5 Å². The summed E-state index contributed by atoms with van der Waals surface area (Å²) in [6.45, 7) is 15.6. The molecule has 0 saturated heterocycles. The maximum Gasteiger partial charge on any atom is 0.338 e. The molecule has 3 aromatic rings.